The number of hydrogen-bond donors (Lipinski definition) is 1. The molecule has 0 aromatic rings. The van der Waals surface area contributed by atoms with Gasteiger partial charge in [0.15, 0.2) is 0 Å². The van der Waals surface area contributed by atoms with E-state index in [1.54, 1.807) is 0 Å². The standard InChI is InChI=1S/C16H30N2/c1-15(2)12-7-8-16(3,11-12)14(15)17-9-10-18(4)13-5-6-13/h12-14,17H,5-11H2,1-4H3/t12-,14?,16+/m0/s1. The Bertz CT molecular complexity index is 316. The molecule has 0 aromatic carbocycles. The molecule has 2 bridgehead atoms. The molecule has 18 heavy (non-hydrogen) atoms. The van der Waals surface area contributed by atoms with Crippen LogP contribution in [0.3, 0.4) is 0 Å². The molecule has 3 rings (SSSR count). The summed E-state index contributed by atoms with van der Waals surface area (Å²) >= 11 is 0. The fraction of sp³-hybridized carbons (Fsp3) is 1.00. The quantitative estimate of drug-likeness (QED) is 0.807. The Morgan fingerprint density at radius 1 is 1.17 bits per heavy atom. The molecular formula is C16H30N2. The minimum Gasteiger partial charge on any atom is -0.312 e. The van der Waals surface area contributed by atoms with Gasteiger partial charge in [-0.15, -0.1) is 0 Å². The van der Waals surface area contributed by atoms with Crippen molar-refractivity contribution >= 4 is 0 Å². The summed E-state index contributed by atoms with van der Waals surface area (Å²) in [6.07, 6.45) is 7.20. The van der Waals surface area contributed by atoms with Crippen molar-refractivity contribution in [1.82, 2.24) is 10.2 Å². The lowest BCUT2D eigenvalue weighted by atomic mass is 9.68. The number of fused-ring (bicyclic) bond motifs is 2. The van der Waals surface area contributed by atoms with Crippen LogP contribution in [0, 0.1) is 16.7 Å². The molecule has 3 saturated carbocycles. The molecule has 0 saturated heterocycles. The van der Waals surface area contributed by atoms with Crippen molar-refractivity contribution in [2.45, 2.75) is 65.0 Å². The van der Waals surface area contributed by atoms with Gasteiger partial charge >= 0.3 is 0 Å². The van der Waals surface area contributed by atoms with Crippen LogP contribution in [0.15, 0.2) is 0 Å². The molecule has 0 aromatic heterocycles. The van der Waals surface area contributed by atoms with Crippen LogP contribution in [0.2, 0.25) is 0 Å². The summed E-state index contributed by atoms with van der Waals surface area (Å²) in [5, 5.41) is 3.92. The predicted octanol–water partition coefficient (Wildman–Crippen LogP) is 2.89. The van der Waals surface area contributed by atoms with Crippen LogP contribution < -0.4 is 5.32 Å². The van der Waals surface area contributed by atoms with Crippen LogP contribution in [0.1, 0.15) is 52.9 Å². The molecule has 1 N–H and O–H groups in total. The van der Waals surface area contributed by atoms with Gasteiger partial charge in [-0.3, -0.25) is 0 Å². The van der Waals surface area contributed by atoms with E-state index in [4.69, 9.17) is 0 Å². The number of nitrogens with zero attached hydrogens (tertiary/aromatic N) is 1. The summed E-state index contributed by atoms with van der Waals surface area (Å²) in [7, 11) is 2.28. The van der Waals surface area contributed by atoms with Gasteiger partial charge in [0.05, 0.1) is 0 Å². The van der Waals surface area contributed by atoms with Gasteiger partial charge in [-0.2, -0.15) is 0 Å². The zero-order valence-electron chi connectivity index (χ0n) is 12.6. The minimum absolute atomic E-state index is 0.505. The Morgan fingerprint density at radius 3 is 2.44 bits per heavy atom. The van der Waals surface area contributed by atoms with Crippen LogP contribution in [-0.2, 0) is 0 Å². The highest BCUT2D eigenvalue weighted by Gasteiger charge is 2.58. The molecule has 2 heteroatoms. The van der Waals surface area contributed by atoms with E-state index >= 15 is 0 Å². The van der Waals surface area contributed by atoms with Crippen molar-refractivity contribution in [1.29, 1.82) is 0 Å². The Kier molecular flexibility index (Phi) is 3.02. The van der Waals surface area contributed by atoms with Gasteiger partial charge in [0.2, 0.25) is 0 Å². The summed E-state index contributed by atoms with van der Waals surface area (Å²) in [6, 6.07) is 1.63. The van der Waals surface area contributed by atoms with Crippen molar-refractivity contribution in [2.24, 2.45) is 16.7 Å². The van der Waals surface area contributed by atoms with E-state index in [9.17, 15) is 0 Å². The largest absolute Gasteiger partial charge is 0.312 e. The zero-order valence-corrected chi connectivity index (χ0v) is 12.6. The summed E-state index contributed by atoms with van der Waals surface area (Å²) in [4.78, 5) is 2.54. The highest BCUT2D eigenvalue weighted by Crippen LogP contribution is 2.62. The number of rotatable bonds is 5. The Hall–Kier alpha value is -0.0800. The zero-order chi connectivity index (χ0) is 13.0. The van der Waals surface area contributed by atoms with Crippen molar-refractivity contribution < 1.29 is 0 Å². The summed E-state index contributed by atoms with van der Waals surface area (Å²) in [5.74, 6) is 0.959. The second-order valence-corrected chi connectivity index (χ2v) is 8.01. The van der Waals surface area contributed by atoms with Gasteiger partial charge in [0.1, 0.15) is 0 Å². The van der Waals surface area contributed by atoms with E-state index in [2.05, 4.69) is 38.0 Å². The van der Waals surface area contributed by atoms with Crippen LogP contribution in [0.25, 0.3) is 0 Å². The van der Waals surface area contributed by atoms with Gasteiger partial charge in [-0.05, 0) is 55.9 Å². The first-order valence-corrected chi connectivity index (χ1v) is 7.87. The molecule has 104 valence electrons. The summed E-state index contributed by atoms with van der Waals surface area (Å²) in [5.41, 5.74) is 1.08. The third kappa shape index (κ3) is 2.02. The minimum atomic E-state index is 0.505. The van der Waals surface area contributed by atoms with E-state index < -0.39 is 0 Å². The van der Waals surface area contributed by atoms with Crippen LogP contribution >= 0.6 is 0 Å². The predicted molar refractivity (Wildman–Crippen MR) is 76.7 cm³/mol. The van der Waals surface area contributed by atoms with Crippen LogP contribution in [0.4, 0.5) is 0 Å². The molecule has 3 aliphatic carbocycles. The van der Waals surface area contributed by atoms with Gasteiger partial charge in [0.25, 0.3) is 0 Å². The molecule has 3 aliphatic rings. The van der Waals surface area contributed by atoms with E-state index in [1.165, 1.54) is 45.2 Å². The average molecular weight is 250 g/mol. The van der Waals surface area contributed by atoms with E-state index in [-0.39, 0.29) is 0 Å². The first-order chi connectivity index (χ1) is 8.43. The number of hydrogen-bond acceptors (Lipinski definition) is 2. The lowest BCUT2D eigenvalue weighted by Crippen LogP contribution is -2.51. The fourth-order valence-electron chi connectivity index (χ4n) is 4.89. The molecule has 0 heterocycles. The van der Waals surface area contributed by atoms with Crippen molar-refractivity contribution in [3.05, 3.63) is 0 Å². The smallest absolute Gasteiger partial charge is 0.0175 e. The Morgan fingerprint density at radius 2 is 1.89 bits per heavy atom. The molecule has 0 aliphatic heterocycles. The van der Waals surface area contributed by atoms with Crippen molar-refractivity contribution in [3.8, 4) is 0 Å². The maximum atomic E-state index is 3.92. The second kappa shape index (κ2) is 4.21. The topological polar surface area (TPSA) is 15.3 Å². The molecule has 0 amide bonds. The number of nitrogens with one attached hydrogen (secondary N) is 1. The maximum Gasteiger partial charge on any atom is 0.0175 e. The normalized spacial score (nSPS) is 41.8. The maximum absolute atomic E-state index is 3.92. The Balaban J connectivity index is 1.55. The van der Waals surface area contributed by atoms with Crippen LogP contribution in [0.5, 0.6) is 0 Å². The average Bonchev–Trinajstić information content (AvgIpc) is 3.03. The fourth-order valence-corrected chi connectivity index (χ4v) is 4.89. The first kappa shape index (κ1) is 12.9. The monoisotopic (exact) mass is 250 g/mol. The molecule has 2 nitrogen and oxygen atoms in total. The third-order valence-electron chi connectivity index (χ3n) is 6.25. The highest BCUT2D eigenvalue weighted by molar-refractivity contribution is 5.12. The first-order valence-electron chi connectivity index (χ1n) is 7.87. The Labute approximate surface area is 113 Å². The molecule has 1 unspecified atom stereocenters. The van der Waals surface area contributed by atoms with Crippen LogP contribution in [-0.4, -0.2) is 37.1 Å². The molecule has 3 atom stereocenters. The van der Waals surface area contributed by atoms with Gasteiger partial charge < -0.3 is 10.2 Å². The summed E-state index contributed by atoms with van der Waals surface area (Å²) < 4.78 is 0. The van der Waals surface area contributed by atoms with Gasteiger partial charge in [-0.1, -0.05) is 20.8 Å². The third-order valence-corrected chi connectivity index (χ3v) is 6.25. The SMILES string of the molecule is CN(CCNC1C(C)(C)[C@H]2CC[C@]1(C)C2)C1CC1. The van der Waals surface area contributed by atoms with Crippen molar-refractivity contribution in [2.75, 3.05) is 20.1 Å². The second-order valence-electron chi connectivity index (χ2n) is 8.01. The summed E-state index contributed by atoms with van der Waals surface area (Å²) in [6.45, 7) is 9.89. The molecule has 3 fully saturated rings. The number of likely N-dealkylation sites (N-methyl/N-ethyl adjacent to an activating group) is 1. The molecular weight excluding hydrogens is 220 g/mol. The molecule has 0 radical (unpaired) electrons. The van der Waals surface area contributed by atoms with Gasteiger partial charge in [-0.25, -0.2) is 0 Å². The van der Waals surface area contributed by atoms with E-state index in [0.717, 1.165) is 18.0 Å². The highest BCUT2D eigenvalue weighted by atomic mass is 15.2. The lowest BCUT2D eigenvalue weighted by Gasteiger charge is -2.43. The van der Waals surface area contributed by atoms with E-state index in [0.29, 0.717) is 10.8 Å². The van der Waals surface area contributed by atoms with Gasteiger partial charge in [0, 0.05) is 25.2 Å². The lowest BCUT2D eigenvalue weighted by molar-refractivity contribution is 0.106. The van der Waals surface area contributed by atoms with Crippen molar-refractivity contribution in [3.63, 3.8) is 0 Å². The molecule has 0 spiro atoms. The van der Waals surface area contributed by atoms with E-state index in [1.807, 2.05) is 0 Å².